The van der Waals surface area contributed by atoms with Gasteiger partial charge in [0.1, 0.15) is 0 Å². The van der Waals surface area contributed by atoms with E-state index in [0.717, 1.165) is 11.4 Å². The Morgan fingerprint density at radius 1 is 1.30 bits per heavy atom. The van der Waals surface area contributed by atoms with Gasteiger partial charge in [0.05, 0.1) is 4.91 Å². The van der Waals surface area contributed by atoms with Gasteiger partial charge in [0.15, 0.2) is 11.0 Å². The highest BCUT2D eigenvalue weighted by Gasteiger charge is 2.32. The van der Waals surface area contributed by atoms with Crippen molar-refractivity contribution >= 4 is 34.7 Å². The molecule has 6 heteroatoms. The summed E-state index contributed by atoms with van der Waals surface area (Å²) in [5, 5.41) is 0.677. The van der Waals surface area contributed by atoms with E-state index in [9.17, 15) is 4.79 Å². The molecule has 3 rings (SSSR count). The maximum absolute atomic E-state index is 12.6. The summed E-state index contributed by atoms with van der Waals surface area (Å²) in [6.45, 7) is 4.46. The maximum atomic E-state index is 12.6. The molecule has 0 spiro atoms. The van der Waals surface area contributed by atoms with Crippen molar-refractivity contribution in [3.8, 4) is 0 Å². The minimum atomic E-state index is -0.00916. The summed E-state index contributed by atoms with van der Waals surface area (Å²) in [6, 6.07) is 9.63. The summed E-state index contributed by atoms with van der Waals surface area (Å²) in [5.41, 5.74) is 1.90. The number of carbonyl (C=O) groups excluding carboxylic acids is 1. The van der Waals surface area contributed by atoms with E-state index in [1.54, 1.807) is 4.90 Å². The number of carbonyl (C=O) groups is 1. The molecule has 1 aliphatic rings. The molecular formula is C17H18N4OS. The zero-order chi connectivity index (χ0) is 16.4. The van der Waals surface area contributed by atoms with E-state index in [4.69, 9.17) is 0 Å². The Morgan fingerprint density at radius 3 is 2.78 bits per heavy atom. The molecule has 0 aliphatic carbocycles. The smallest absolute Gasteiger partial charge is 0.266 e. The Bertz CT molecular complexity index is 806. The van der Waals surface area contributed by atoms with Crippen molar-refractivity contribution in [3.05, 3.63) is 52.8 Å². The lowest BCUT2D eigenvalue weighted by Gasteiger charge is -2.11. The molecule has 2 aromatic heterocycles. The molecule has 5 nitrogen and oxygen atoms in total. The number of nitrogens with zero attached hydrogens (tertiary/aromatic N) is 4. The van der Waals surface area contributed by atoms with E-state index in [1.807, 2.05) is 68.1 Å². The van der Waals surface area contributed by atoms with Gasteiger partial charge in [-0.05, 0) is 56.0 Å². The molecule has 0 saturated carbocycles. The van der Waals surface area contributed by atoms with Gasteiger partial charge in [-0.25, -0.2) is 9.98 Å². The van der Waals surface area contributed by atoms with Crippen LogP contribution >= 0.6 is 11.8 Å². The summed E-state index contributed by atoms with van der Waals surface area (Å²) < 4.78 is 1.98. The molecule has 1 amide bonds. The zero-order valence-corrected chi connectivity index (χ0v) is 14.2. The number of amides is 1. The van der Waals surface area contributed by atoms with Crippen LogP contribution in [0.4, 0.5) is 5.82 Å². The molecule has 118 valence electrons. The van der Waals surface area contributed by atoms with Gasteiger partial charge in [0.2, 0.25) is 0 Å². The van der Waals surface area contributed by atoms with Gasteiger partial charge in [0, 0.05) is 31.2 Å². The number of hydrogen-bond acceptors (Lipinski definition) is 4. The quantitative estimate of drug-likeness (QED) is 0.813. The minimum Gasteiger partial charge on any atom is -0.351 e. The van der Waals surface area contributed by atoms with Crippen LogP contribution in [0.1, 0.15) is 18.3 Å². The highest BCUT2D eigenvalue weighted by atomic mass is 32.2. The third-order valence-electron chi connectivity index (χ3n) is 3.55. The number of hydrogen-bond donors (Lipinski definition) is 0. The molecule has 0 unspecified atom stereocenters. The normalized spacial score (nSPS) is 18.4. The lowest BCUT2D eigenvalue weighted by atomic mass is 10.3. The van der Waals surface area contributed by atoms with E-state index < -0.39 is 0 Å². The van der Waals surface area contributed by atoms with Crippen molar-refractivity contribution in [1.82, 2.24) is 14.5 Å². The highest BCUT2D eigenvalue weighted by Crippen LogP contribution is 2.33. The Balaban J connectivity index is 1.95. The van der Waals surface area contributed by atoms with Gasteiger partial charge in [0.25, 0.3) is 5.91 Å². The second-order valence-corrected chi connectivity index (χ2v) is 6.24. The maximum Gasteiger partial charge on any atom is 0.266 e. The van der Waals surface area contributed by atoms with E-state index in [-0.39, 0.29) is 5.91 Å². The van der Waals surface area contributed by atoms with E-state index in [0.29, 0.717) is 22.4 Å². The van der Waals surface area contributed by atoms with Crippen LogP contribution in [0.15, 0.2) is 46.4 Å². The van der Waals surface area contributed by atoms with Crippen molar-refractivity contribution in [2.24, 2.45) is 12.0 Å². The van der Waals surface area contributed by atoms with Crippen molar-refractivity contribution < 1.29 is 4.79 Å². The van der Waals surface area contributed by atoms with Crippen LogP contribution in [-0.2, 0) is 11.8 Å². The fourth-order valence-electron chi connectivity index (χ4n) is 2.32. The molecule has 3 heterocycles. The predicted molar refractivity (Wildman–Crippen MR) is 94.4 cm³/mol. The molecule has 0 atom stereocenters. The SMILES string of the molecule is CCN1C(=O)/C(=C\c2cccn2C)S/C1=N/c1cccc(C)n1. The molecule has 0 radical (unpaired) electrons. The second kappa shape index (κ2) is 6.42. The monoisotopic (exact) mass is 326 g/mol. The molecular weight excluding hydrogens is 308 g/mol. The molecule has 0 aromatic carbocycles. The topological polar surface area (TPSA) is 50.5 Å². The van der Waals surface area contributed by atoms with E-state index in [2.05, 4.69) is 9.98 Å². The first-order chi connectivity index (χ1) is 11.1. The largest absolute Gasteiger partial charge is 0.351 e. The summed E-state index contributed by atoms with van der Waals surface area (Å²) >= 11 is 1.39. The van der Waals surface area contributed by atoms with Crippen LogP contribution in [-0.4, -0.2) is 32.1 Å². The fraction of sp³-hybridized carbons (Fsp3) is 0.235. The van der Waals surface area contributed by atoms with Crippen molar-refractivity contribution in [2.75, 3.05) is 6.54 Å². The Labute approximate surface area is 139 Å². The predicted octanol–water partition coefficient (Wildman–Crippen LogP) is 3.35. The average molecular weight is 326 g/mol. The first-order valence-corrected chi connectivity index (χ1v) is 8.25. The summed E-state index contributed by atoms with van der Waals surface area (Å²) in [6.07, 6.45) is 3.86. The van der Waals surface area contributed by atoms with Crippen LogP contribution in [0.25, 0.3) is 6.08 Å². The minimum absolute atomic E-state index is 0.00916. The number of thioether (sulfide) groups is 1. The second-order valence-electron chi connectivity index (χ2n) is 5.24. The van der Waals surface area contributed by atoms with Crippen molar-refractivity contribution in [3.63, 3.8) is 0 Å². The Kier molecular flexibility index (Phi) is 4.34. The van der Waals surface area contributed by atoms with Gasteiger partial charge in [-0.3, -0.25) is 9.69 Å². The van der Waals surface area contributed by atoms with Crippen molar-refractivity contribution in [1.29, 1.82) is 0 Å². The summed E-state index contributed by atoms with van der Waals surface area (Å²) in [4.78, 5) is 23.9. The third kappa shape index (κ3) is 3.22. The van der Waals surface area contributed by atoms with E-state index in [1.165, 1.54) is 11.8 Å². The molecule has 0 N–H and O–H groups in total. The van der Waals surface area contributed by atoms with Crippen molar-refractivity contribution in [2.45, 2.75) is 13.8 Å². The van der Waals surface area contributed by atoms with Gasteiger partial charge < -0.3 is 4.57 Å². The van der Waals surface area contributed by atoms with Crippen LogP contribution in [0.2, 0.25) is 0 Å². The molecule has 1 fully saturated rings. The van der Waals surface area contributed by atoms with Crippen LogP contribution in [0.5, 0.6) is 0 Å². The zero-order valence-electron chi connectivity index (χ0n) is 13.4. The number of amidine groups is 1. The van der Waals surface area contributed by atoms with Crippen LogP contribution in [0.3, 0.4) is 0 Å². The molecule has 1 aliphatic heterocycles. The number of aryl methyl sites for hydroxylation is 2. The first kappa shape index (κ1) is 15.6. The standard InChI is InChI=1S/C17H18N4OS/c1-4-21-16(22)14(11-13-8-6-10-20(13)3)23-17(21)19-15-9-5-7-12(2)18-15/h5-11H,4H2,1-3H3/b14-11+,19-17+. The molecule has 23 heavy (non-hydrogen) atoms. The summed E-state index contributed by atoms with van der Waals surface area (Å²) in [5.74, 6) is 0.615. The highest BCUT2D eigenvalue weighted by molar-refractivity contribution is 8.18. The fourth-order valence-corrected chi connectivity index (χ4v) is 3.35. The number of aliphatic imine (C=N–C) groups is 1. The lowest BCUT2D eigenvalue weighted by molar-refractivity contribution is -0.122. The number of aromatic nitrogens is 2. The van der Waals surface area contributed by atoms with E-state index >= 15 is 0 Å². The number of likely N-dealkylation sites (N-methyl/N-ethyl adjacent to an activating group) is 1. The molecule has 2 aromatic rings. The summed E-state index contributed by atoms with van der Waals surface area (Å²) in [7, 11) is 1.96. The molecule has 1 saturated heterocycles. The average Bonchev–Trinajstić information content (AvgIpc) is 3.04. The first-order valence-electron chi connectivity index (χ1n) is 7.43. The Hall–Kier alpha value is -2.34. The number of pyridine rings is 1. The third-order valence-corrected chi connectivity index (χ3v) is 4.56. The van der Waals surface area contributed by atoms with Gasteiger partial charge >= 0.3 is 0 Å². The van der Waals surface area contributed by atoms with Crippen LogP contribution in [0, 0.1) is 6.92 Å². The molecule has 0 bridgehead atoms. The van der Waals surface area contributed by atoms with Gasteiger partial charge in [-0.2, -0.15) is 0 Å². The number of rotatable bonds is 3. The lowest BCUT2D eigenvalue weighted by Crippen LogP contribution is -2.28. The van der Waals surface area contributed by atoms with Gasteiger partial charge in [-0.1, -0.05) is 6.07 Å². The Morgan fingerprint density at radius 2 is 2.13 bits per heavy atom. The van der Waals surface area contributed by atoms with Gasteiger partial charge in [-0.15, -0.1) is 0 Å². The van der Waals surface area contributed by atoms with Crippen LogP contribution < -0.4 is 0 Å².